The molecule has 0 aromatic rings. The van der Waals surface area contributed by atoms with E-state index in [1.54, 1.807) is 12.5 Å². The second kappa shape index (κ2) is 37.9. The standard InChI is InChI=1S/C5H10N2.C4H10.2C2H6/c1-3-6-5-7-4-2;1-4(2)3;2*1-2/h3,5H,1,4H2,2H3,(H,6,7);4H,1-3H3;2*1-2H3. The summed E-state index contributed by atoms with van der Waals surface area (Å²) in [4.78, 5) is 3.85. The van der Waals surface area contributed by atoms with Gasteiger partial charge in [-0.15, -0.1) is 0 Å². The largest absolute Gasteiger partial charge is 0.354 e. The van der Waals surface area contributed by atoms with Crippen molar-refractivity contribution in [2.45, 2.75) is 55.4 Å². The Morgan fingerprint density at radius 2 is 1.47 bits per heavy atom. The molecular formula is C13H32N2. The van der Waals surface area contributed by atoms with Gasteiger partial charge in [0, 0.05) is 6.54 Å². The van der Waals surface area contributed by atoms with Crippen LogP contribution >= 0.6 is 0 Å². The third-order valence-corrected chi connectivity index (χ3v) is 0.466. The predicted octanol–water partition coefficient (Wildman–Crippen LogP) is 4.48. The molecule has 15 heavy (non-hydrogen) atoms. The molecular weight excluding hydrogens is 184 g/mol. The number of rotatable bonds is 3. The van der Waals surface area contributed by atoms with E-state index in [9.17, 15) is 0 Å². The molecule has 0 aromatic heterocycles. The SMILES string of the molecule is C=CNC=NCC.CC.CC.CC(C)C. The first-order chi connectivity index (χ1) is 7.15. The Bertz CT molecular complexity index is 94.0. The molecule has 0 unspecified atom stereocenters. The Hall–Kier alpha value is -0.790. The summed E-state index contributed by atoms with van der Waals surface area (Å²) in [6.45, 7) is 20.7. The lowest BCUT2D eigenvalue weighted by Gasteiger charge is -1.81. The molecule has 0 bridgehead atoms. The smallest absolute Gasteiger partial charge is 0.0862 e. The first kappa shape index (κ1) is 23.8. The summed E-state index contributed by atoms with van der Waals surface area (Å²) in [7, 11) is 0. The summed E-state index contributed by atoms with van der Waals surface area (Å²) in [5.74, 6) is 0.833. The molecule has 0 aromatic carbocycles. The molecule has 0 aliphatic heterocycles. The normalized spacial score (nSPS) is 7.53. The highest BCUT2D eigenvalue weighted by Crippen LogP contribution is 1.81. The molecule has 0 saturated carbocycles. The van der Waals surface area contributed by atoms with Gasteiger partial charge in [0.1, 0.15) is 0 Å². The van der Waals surface area contributed by atoms with Crippen molar-refractivity contribution in [2.24, 2.45) is 10.9 Å². The van der Waals surface area contributed by atoms with Gasteiger partial charge in [0.15, 0.2) is 0 Å². The molecule has 0 fully saturated rings. The number of hydrogen-bond donors (Lipinski definition) is 1. The highest BCUT2D eigenvalue weighted by molar-refractivity contribution is 5.55. The Morgan fingerprint density at radius 1 is 1.13 bits per heavy atom. The minimum Gasteiger partial charge on any atom is -0.354 e. The second-order valence-electron chi connectivity index (χ2n) is 2.73. The van der Waals surface area contributed by atoms with E-state index in [0.717, 1.165) is 12.5 Å². The van der Waals surface area contributed by atoms with Crippen LogP contribution in [0.2, 0.25) is 0 Å². The van der Waals surface area contributed by atoms with E-state index >= 15 is 0 Å². The lowest BCUT2D eigenvalue weighted by atomic mass is 10.3. The lowest BCUT2D eigenvalue weighted by Crippen LogP contribution is -1.98. The van der Waals surface area contributed by atoms with E-state index in [1.165, 1.54) is 0 Å². The molecule has 0 radical (unpaired) electrons. The lowest BCUT2D eigenvalue weighted by molar-refractivity contribution is 0.737. The Kier molecular flexibility index (Phi) is 60.1. The molecule has 0 aliphatic carbocycles. The molecule has 0 heterocycles. The minimum absolute atomic E-state index is 0.820. The summed E-state index contributed by atoms with van der Waals surface area (Å²) >= 11 is 0. The van der Waals surface area contributed by atoms with Gasteiger partial charge >= 0.3 is 0 Å². The Labute approximate surface area is 97.9 Å². The van der Waals surface area contributed by atoms with Crippen LogP contribution in [0.15, 0.2) is 17.8 Å². The van der Waals surface area contributed by atoms with E-state index in [-0.39, 0.29) is 0 Å². The number of aliphatic imine (C=N–C) groups is 1. The van der Waals surface area contributed by atoms with Crippen molar-refractivity contribution in [2.75, 3.05) is 6.54 Å². The van der Waals surface area contributed by atoms with Crippen LogP contribution in [0, 0.1) is 5.92 Å². The quantitative estimate of drug-likeness (QED) is 0.546. The van der Waals surface area contributed by atoms with Crippen LogP contribution in [-0.2, 0) is 0 Å². The maximum Gasteiger partial charge on any atom is 0.0862 e. The van der Waals surface area contributed by atoms with Crippen LogP contribution in [0.25, 0.3) is 0 Å². The third kappa shape index (κ3) is 161. The van der Waals surface area contributed by atoms with Gasteiger partial charge in [-0.25, -0.2) is 0 Å². The van der Waals surface area contributed by atoms with Gasteiger partial charge in [-0.05, 0) is 19.0 Å². The summed E-state index contributed by atoms with van der Waals surface area (Å²) in [6, 6.07) is 0. The van der Waals surface area contributed by atoms with Gasteiger partial charge in [-0.2, -0.15) is 0 Å². The number of nitrogens with zero attached hydrogens (tertiary/aromatic N) is 1. The predicted molar refractivity (Wildman–Crippen MR) is 75.6 cm³/mol. The molecule has 0 spiro atoms. The molecule has 0 rings (SSSR count). The monoisotopic (exact) mass is 216 g/mol. The van der Waals surface area contributed by atoms with E-state index in [0.29, 0.717) is 0 Å². The van der Waals surface area contributed by atoms with Crippen molar-refractivity contribution < 1.29 is 0 Å². The number of hydrogen-bond acceptors (Lipinski definition) is 1. The van der Waals surface area contributed by atoms with E-state index < -0.39 is 0 Å². The minimum atomic E-state index is 0.820. The average molecular weight is 216 g/mol. The molecule has 0 aliphatic rings. The molecule has 0 atom stereocenters. The van der Waals surface area contributed by atoms with Crippen molar-refractivity contribution in [3.05, 3.63) is 12.8 Å². The van der Waals surface area contributed by atoms with Crippen molar-refractivity contribution in [1.29, 1.82) is 0 Å². The molecule has 2 heteroatoms. The van der Waals surface area contributed by atoms with Gasteiger partial charge in [0.2, 0.25) is 0 Å². The maximum atomic E-state index is 3.85. The molecule has 2 nitrogen and oxygen atoms in total. The third-order valence-electron chi connectivity index (χ3n) is 0.466. The van der Waals surface area contributed by atoms with Crippen LogP contribution in [0.1, 0.15) is 55.4 Å². The fourth-order valence-corrected chi connectivity index (χ4v) is 0.197. The van der Waals surface area contributed by atoms with Gasteiger partial charge < -0.3 is 5.32 Å². The fourth-order valence-electron chi connectivity index (χ4n) is 0.197. The van der Waals surface area contributed by atoms with E-state index in [4.69, 9.17) is 0 Å². The zero-order chi connectivity index (χ0) is 13.1. The summed E-state index contributed by atoms with van der Waals surface area (Å²) in [5, 5.41) is 2.72. The van der Waals surface area contributed by atoms with Crippen molar-refractivity contribution in [3.63, 3.8) is 0 Å². The summed E-state index contributed by atoms with van der Waals surface area (Å²) in [6.07, 6.45) is 3.20. The van der Waals surface area contributed by atoms with Crippen LogP contribution in [0.5, 0.6) is 0 Å². The fraction of sp³-hybridized carbons (Fsp3) is 0.769. The zero-order valence-electron chi connectivity index (χ0n) is 12.1. The molecule has 94 valence electrons. The second-order valence-corrected chi connectivity index (χ2v) is 2.73. The summed E-state index contributed by atoms with van der Waals surface area (Å²) in [5.41, 5.74) is 0. The van der Waals surface area contributed by atoms with Crippen LogP contribution in [-0.4, -0.2) is 12.9 Å². The number of nitrogens with one attached hydrogen (secondary N) is 1. The van der Waals surface area contributed by atoms with Gasteiger partial charge in [0.25, 0.3) is 0 Å². The van der Waals surface area contributed by atoms with Crippen LogP contribution < -0.4 is 5.32 Å². The highest BCUT2D eigenvalue weighted by Gasteiger charge is 1.68. The first-order valence-corrected chi connectivity index (χ1v) is 6.00. The molecule has 1 N–H and O–H groups in total. The average Bonchev–Trinajstić information content (AvgIpc) is 2.24. The van der Waals surface area contributed by atoms with Crippen LogP contribution in [0.3, 0.4) is 0 Å². The molecule has 0 saturated heterocycles. The van der Waals surface area contributed by atoms with E-state index in [2.05, 4.69) is 37.7 Å². The van der Waals surface area contributed by atoms with Crippen molar-refractivity contribution >= 4 is 6.34 Å². The topological polar surface area (TPSA) is 24.4 Å². The van der Waals surface area contributed by atoms with Crippen molar-refractivity contribution in [3.8, 4) is 0 Å². The molecule has 0 amide bonds. The summed E-state index contributed by atoms with van der Waals surface area (Å²) < 4.78 is 0. The van der Waals surface area contributed by atoms with Crippen molar-refractivity contribution in [1.82, 2.24) is 5.32 Å². The van der Waals surface area contributed by atoms with Crippen LogP contribution in [0.4, 0.5) is 0 Å². The maximum absolute atomic E-state index is 3.85. The first-order valence-electron chi connectivity index (χ1n) is 6.00. The van der Waals surface area contributed by atoms with Gasteiger partial charge in [-0.3, -0.25) is 4.99 Å². The Morgan fingerprint density at radius 3 is 1.67 bits per heavy atom. The van der Waals surface area contributed by atoms with E-state index in [1.807, 2.05) is 34.6 Å². The Balaban J connectivity index is -0.0000000647. The highest BCUT2D eigenvalue weighted by atomic mass is 14.9. The zero-order valence-corrected chi connectivity index (χ0v) is 12.1. The van der Waals surface area contributed by atoms with Gasteiger partial charge in [-0.1, -0.05) is 55.0 Å². The van der Waals surface area contributed by atoms with Gasteiger partial charge in [0.05, 0.1) is 6.34 Å².